The average Bonchev–Trinajstić information content (AvgIpc) is 2.91. The average molecular weight is 392 g/mol. The fraction of sp³-hybridized carbons (Fsp3) is 0.333. The van der Waals surface area contributed by atoms with Crippen molar-refractivity contribution in [1.82, 2.24) is 4.90 Å². The van der Waals surface area contributed by atoms with Crippen molar-refractivity contribution in [3.63, 3.8) is 0 Å². The van der Waals surface area contributed by atoms with Crippen molar-refractivity contribution in [2.75, 3.05) is 19.0 Å². The van der Waals surface area contributed by atoms with Crippen LogP contribution in [0.2, 0.25) is 0 Å². The van der Waals surface area contributed by atoms with Crippen LogP contribution in [-0.4, -0.2) is 30.4 Å². The first-order chi connectivity index (χ1) is 13.8. The van der Waals surface area contributed by atoms with Crippen LogP contribution in [0.5, 0.6) is 5.75 Å². The first kappa shape index (κ1) is 20.6. The van der Waals surface area contributed by atoms with Gasteiger partial charge in [-0.1, -0.05) is 52.0 Å². The van der Waals surface area contributed by atoms with Crippen LogP contribution < -0.4 is 10.1 Å². The molecule has 3 rings (SSSR count). The third-order valence-electron chi connectivity index (χ3n) is 4.86. The smallest absolute Gasteiger partial charge is 0.277 e. The Morgan fingerprint density at radius 3 is 2.07 bits per heavy atom. The number of ether oxygens (including phenoxy) is 1. The molecule has 1 aliphatic heterocycles. The van der Waals surface area contributed by atoms with Crippen molar-refractivity contribution in [2.45, 2.75) is 33.6 Å². The van der Waals surface area contributed by atoms with Crippen LogP contribution in [0.3, 0.4) is 0 Å². The predicted molar refractivity (Wildman–Crippen MR) is 116 cm³/mol. The molecule has 0 fully saturated rings. The SMILES string of the molecule is CC(C)COc1ccc(C2=C(Nc3ccc(C(C)C)cc3)C(=O)N(C)C2=O)cc1. The molecule has 5 nitrogen and oxygen atoms in total. The van der Waals surface area contributed by atoms with Crippen LogP contribution in [0.15, 0.2) is 54.2 Å². The number of hydrogen-bond donors (Lipinski definition) is 1. The Kier molecular flexibility index (Phi) is 6.06. The van der Waals surface area contributed by atoms with Crippen LogP contribution in [0.25, 0.3) is 5.57 Å². The topological polar surface area (TPSA) is 58.6 Å². The van der Waals surface area contributed by atoms with Crippen LogP contribution in [0.4, 0.5) is 5.69 Å². The van der Waals surface area contributed by atoms with Crippen molar-refractivity contribution in [1.29, 1.82) is 0 Å². The molecule has 0 radical (unpaired) electrons. The third kappa shape index (κ3) is 4.50. The first-order valence-electron chi connectivity index (χ1n) is 9.94. The van der Waals surface area contributed by atoms with Crippen molar-refractivity contribution in [2.24, 2.45) is 5.92 Å². The lowest BCUT2D eigenvalue weighted by molar-refractivity contribution is -0.135. The number of carbonyl (C=O) groups is 2. The molecular weight excluding hydrogens is 364 g/mol. The highest BCUT2D eigenvalue weighted by molar-refractivity contribution is 6.36. The summed E-state index contributed by atoms with van der Waals surface area (Å²) in [4.78, 5) is 26.6. The molecule has 0 aromatic heterocycles. The van der Waals surface area contributed by atoms with E-state index in [-0.39, 0.29) is 11.8 Å². The maximum absolute atomic E-state index is 12.7. The molecule has 0 atom stereocenters. The Labute approximate surface area is 172 Å². The minimum Gasteiger partial charge on any atom is -0.493 e. The van der Waals surface area contributed by atoms with E-state index in [0.29, 0.717) is 35.3 Å². The van der Waals surface area contributed by atoms with Gasteiger partial charge in [0, 0.05) is 12.7 Å². The van der Waals surface area contributed by atoms with Crippen LogP contribution in [-0.2, 0) is 9.59 Å². The van der Waals surface area contributed by atoms with E-state index in [2.05, 4.69) is 33.0 Å². The number of nitrogens with one attached hydrogen (secondary N) is 1. The molecule has 0 bridgehead atoms. The van der Waals surface area contributed by atoms with Gasteiger partial charge in [0.25, 0.3) is 11.8 Å². The molecule has 0 unspecified atom stereocenters. The zero-order valence-electron chi connectivity index (χ0n) is 17.7. The Balaban J connectivity index is 1.90. The molecule has 0 aliphatic carbocycles. The molecule has 1 heterocycles. The molecule has 1 N–H and O–H groups in total. The number of anilines is 1. The van der Waals surface area contributed by atoms with E-state index in [4.69, 9.17) is 4.74 Å². The molecule has 0 spiro atoms. The third-order valence-corrected chi connectivity index (χ3v) is 4.86. The van der Waals surface area contributed by atoms with Gasteiger partial charge in [0.2, 0.25) is 0 Å². The molecule has 1 aliphatic rings. The number of hydrogen-bond acceptors (Lipinski definition) is 4. The lowest BCUT2D eigenvalue weighted by atomic mass is 10.0. The molecule has 0 saturated heterocycles. The number of likely N-dealkylation sites (N-methyl/N-ethyl adjacent to an activating group) is 1. The van der Waals surface area contributed by atoms with E-state index in [0.717, 1.165) is 16.3 Å². The van der Waals surface area contributed by atoms with Gasteiger partial charge in [-0.3, -0.25) is 14.5 Å². The van der Waals surface area contributed by atoms with E-state index in [1.807, 2.05) is 48.5 Å². The summed E-state index contributed by atoms with van der Waals surface area (Å²) in [5.41, 5.74) is 3.35. The van der Waals surface area contributed by atoms with Crippen LogP contribution >= 0.6 is 0 Å². The van der Waals surface area contributed by atoms with E-state index < -0.39 is 0 Å². The number of imide groups is 1. The summed E-state index contributed by atoms with van der Waals surface area (Å²) in [6.45, 7) is 9.06. The van der Waals surface area contributed by atoms with Gasteiger partial charge >= 0.3 is 0 Å². The zero-order valence-corrected chi connectivity index (χ0v) is 17.7. The van der Waals surface area contributed by atoms with E-state index >= 15 is 0 Å². The summed E-state index contributed by atoms with van der Waals surface area (Å²) in [6, 6.07) is 15.2. The Bertz CT molecular complexity index is 926. The molecule has 0 saturated carbocycles. The highest BCUT2D eigenvalue weighted by atomic mass is 16.5. The van der Waals surface area contributed by atoms with Gasteiger partial charge in [0.1, 0.15) is 11.4 Å². The lowest BCUT2D eigenvalue weighted by Gasteiger charge is -2.11. The summed E-state index contributed by atoms with van der Waals surface area (Å²) in [5, 5.41) is 3.16. The van der Waals surface area contributed by atoms with E-state index in [1.165, 1.54) is 12.6 Å². The Morgan fingerprint density at radius 2 is 1.52 bits per heavy atom. The zero-order chi connectivity index (χ0) is 21.1. The lowest BCUT2D eigenvalue weighted by Crippen LogP contribution is -2.27. The molecular formula is C24H28N2O3. The van der Waals surface area contributed by atoms with Gasteiger partial charge in [-0.05, 0) is 47.2 Å². The normalized spacial score (nSPS) is 14.4. The van der Waals surface area contributed by atoms with E-state index in [9.17, 15) is 9.59 Å². The molecule has 29 heavy (non-hydrogen) atoms. The van der Waals surface area contributed by atoms with Gasteiger partial charge < -0.3 is 10.1 Å². The fourth-order valence-corrected chi connectivity index (χ4v) is 3.10. The van der Waals surface area contributed by atoms with Crippen LogP contribution in [0.1, 0.15) is 44.7 Å². The molecule has 152 valence electrons. The number of nitrogens with zero attached hydrogens (tertiary/aromatic N) is 1. The largest absolute Gasteiger partial charge is 0.493 e. The minimum absolute atomic E-state index is 0.297. The quantitative estimate of drug-likeness (QED) is 0.696. The summed E-state index contributed by atoms with van der Waals surface area (Å²) in [5.74, 6) is 0.950. The number of amides is 2. The summed E-state index contributed by atoms with van der Waals surface area (Å²) >= 11 is 0. The minimum atomic E-state index is -0.335. The standard InChI is InChI=1S/C24H28N2O3/c1-15(2)14-29-20-12-8-18(9-13-20)21-22(24(28)26(5)23(21)27)25-19-10-6-17(7-11-19)16(3)4/h6-13,15-16,25H,14H2,1-5H3. The molecule has 2 amide bonds. The fourth-order valence-electron chi connectivity index (χ4n) is 3.10. The first-order valence-corrected chi connectivity index (χ1v) is 9.94. The van der Waals surface area contributed by atoms with Gasteiger partial charge in [-0.15, -0.1) is 0 Å². The molecule has 2 aromatic rings. The molecule has 2 aromatic carbocycles. The maximum atomic E-state index is 12.7. The second kappa shape index (κ2) is 8.52. The van der Waals surface area contributed by atoms with Gasteiger partial charge in [0.05, 0.1) is 12.2 Å². The highest BCUT2D eigenvalue weighted by Gasteiger charge is 2.36. The highest BCUT2D eigenvalue weighted by Crippen LogP contribution is 2.31. The monoisotopic (exact) mass is 392 g/mol. The second-order valence-corrected chi connectivity index (χ2v) is 8.05. The number of carbonyl (C=O) groups excluding carboxylic acids is 2. The Hall–Kier alpha value is -3.08. The Morgan fingerprint density at radius 1 is 0.897 bits per heavy atom. The second-order valence-electron chi connectivity index (χ2n) is 8.05. The van der Waals surface area contributed by atoms with E-state index in [1.54, 1.807) is 0 Å². The maximum Gasteiger partial charge on any atom is 0.277 e. The van der Waals surface area contributed by atoms with Gasteiger partial charge in [-0.25, -0.2) is 0 Å². The molecule has 5 heteroatoms. The van der Waals surface area contributed by atoms with Crippen molar-refractivity contribution >= 4 is 23.1 Å². The van der Waals surface area contributed by atoms with Crippen molar-refractivity contribution in [3.8, 4) is 5.75 Å². The predicted octanol–water partition coefficient (Wildman–Crippen LogP) is 4.67. The van der Waals surface area contributed by atoms with Gasteiger partial charge in [-0.2, -0.15) is 0 Å². The number of benzene rings is 2. The summed E-state index contributed by atoms with van der Waals surface area (Å²) in [7, 11) is 1.50. The summed E-state index contributed by atoms with van der Waals surface area (Å²) in [6.07, 6.45) is 0. The van der Waals surface area contributed by atoms with Crippen molar-refractivity contribution < 1.29 is 14.3 Å². The van der Waals surface area contributed by atoms with Gasteiger partial charge in [0.15, 0.2) is 0 Å². The van der Waals surface area contributed by atoms with Crippen molar-refractivity contribution in [3.05, 3.63) is 65.4 Å². The summed E-state index contributed by atoms with van der Waals surface area (Å²) < 4.78 is 5.71. The van der Waals surface area contributed by atoms with Crippen LogP contribution in [0, 0.1) is 5.92 Å². The number of rotatable bonds is 7.